The molecule has 2 aromatic heterocycles. The number of rotatable bonds is 4. The van der Waals surface area contributed by atoms with Crippen LogP contribution in [0.1, 0.15) is 34.5 Å². The molecule has 0 spiro atoms. The van der Waals surface area contributed by atoms with Gasteiger partial charge in [-0.25, -0.2) is 4.98 Å². The molecule has 4 heterocycles. The zero-order valence-electron chi connectivity index (χ0n) is 12.9. The van der Waals surface area contributed by atoms with E-state index in [9.17, 15) is 4.79 Å². The minimum atomic E-state index is -0.0129. The van der Waals surface area contributed by atoms with Gasteiger partial charge in [0.25, 0.3) is 5.91 Å². The van der Waals surface area contributed by atoms with Crippen LogP contribution in [0, 0.1) is 6.92 Å². The van der Waals surface area contributed by atoms with Crippen LogP contribution in [0.3, 0.4) is 0 Å². The van der Waals surface area contributed by atoms with E-state index in [2.05, 4.69) is 15.6 Å². The first-order chi connectivity index (χ1) is 11.2. The molecule has 0 aliphatic carbocycles. The Balaban J connectivity index is 1.39. The van der Waals surface area contributed by atoms with Gasteiger partial charge in [0.2, 0.25) is 5.88 Å². The molecule has 6 heteroatoms. The Morgan fingerprint density at radius 3 is 2.96 bits per heavy atom. The van der Waals surface area contributed by atoms with Crippen molar-refractivity contribution in [3.05, 3.63) is 40.9 Å². The molecule has 2 N–H and O–H groups in total. The molecular weight excluding hydrogens is 310 g/mol. The minimum Gasteiger partial charge on any atom is -0.428 e. The first kappa shape index (κ1) is 14.7. The highest BCUT2D eigenvalue weighted by Crippen LogP contribution is 2.31. The van der Waals surface area contributed by atoms with Gasteiger partial charge in [0, 0.05) is 30.4 Å². The van der Waals surface area contributed by atoms with Gasteiger partial charge in [-0.1, -0.05) is 17.4 Å². The molecule has 1 amide bonds. The summed E-state index contributed by atoms with van der Waals surface area (Å²) >= 11 is 1.35. The summed E-state index contributed by atoms with van der Waals surface area (Å²) in [5, 5.41) is 7.36. The Hall–Kier alpha value is -1.92. The number of aryl methyl sites for hydroxylation is 1. The number of hydrogen-bond donors (Lipinski definition) is 2. The van der Waals surface area contributed by atoms with Crippen LogP contribution < -0.4 is 15.4 Å². The quantitative estimate of drug-likeness (QED) is 0.905. The number of fused-ring (bicyclic) bond motifs is 2. The molecule has 5 nitrogen and oxygen atoms in total. The van der Waals surface area contributed by atoms with Crippen LogP contribution in [-0.4, -0.2) is 29.0 Å². The summed E-state index contributed by atoms with van der Waals surface area (Å²) in [5.74, 6) is 0.530. The van der Waals surface area contributed by atoms with E-state index in [0.717, 1.165) is 18.4 Å². The van der Waals surface area contributed by atoms with Gasteiger partial charge < -0.3 is 15.4 Å². The summed E-state index contributed by atoms with van der Waals surface area (Å²) in [6.07, 6.45) is 5.20. The van der Waals surface area contributed by atoms with Crippen LogP contribution in [0.15, 0.2) is 30.5 Å². The second-order valence-electron chi connectivity index (χ2n) is 6.26. The Bertz CT molecular complexity index is 713. The smallest absolute Gasteiger partial charge is 0.261 e. The molecule has 2 bridgehead atoms. The number of amides is 1. The molecule has 4 rings (SSSR count). The predicted molar refractivity (Wildman–Crippen MR) is 89.2 cm³/mol. The van der Waals surface area contributed by atoms with E-state index < -0.39 is 0 Å². The van der Waals surface area contributed by atoms with Crippen molar-refractivity contribution in [2.45, 2.75) is 44.3 Å². The molecule has 2 aromatic rings. The highest BCUT2D eigenvalue weighted by Gasteiger charge is 2.39. The normalized spacial score (nSPS) is 25.5. The molecule has 2 fully saturated rings. The monoisotopic (exact) mass is 329 g/mol. The van der Waals surface area contributed by atoms with Gasteiger partial charge in [0.15, 0.2) is 5.06 Å². The molecule has 120 valence electrons. The first-order valence-electron chi connectivity index (χ1n) is 7.94. The molecule has 2 aliphatic rings. The van der Waals surface area contributed by atoms with Crippen molar-refractivity contribution < 1.29 is 9.53 Å². The summed E-state index contributed by atoms with van der Waals surface area (Å²) in [7, 11) is 0. The largest absolute Gasteiger partial charge is 0.428 e. The molecule has 0 unspecified atom stereocenters. The second-order valence-corrected chi connectivity index (χ2v) is 7.30. The van der Waals surface area contributed by atoms with E-state index in [0.29, 0.717) is 27.9 Å². The second kappa shape index (κ2) is 5.94. The lowest BCUT2D eigenvalue weighted by Gasteiger charge is -2.20. The highest BCUT2D eigenvalue weighted by atomic mass is 32.1. The third-order valence-electron chi connectivity index (χ3n) is 4.51. The van der Waals surface area contributed by atoms with Crippen molar-refractivity contribution in [1.82, 2.24) is 15.6 Å². The molecule has 0 aromatic carbocycles. The van der Waals surface area contributed by atoms with E-state index >= 15 is 0 Å². The van der Waals surface area contributed by atoms with Crippen LogP contribution in [0.25, 0.3) is 0 Å². The maximum Gasteiger partial charge on any atom is 0.261 e. The molecule has 0 radical (unpaired) electrons. The van der Waals surface area contributed by atoms with Gasteiger partial charge in [-0.15, -0.1) is 0 Å². The summed E-state index contributed by atoms with van der Waals surface area (Å²) in [6, 6.07) is 8.69. The summed E-state index contributed by atoms with van der Waals surface area (Å²) < 4.78 is 5.70. The Morgan fingerprint density at radius 2 is 2.26 bits per heavy atom. The van der Waals surface area contributed by atoms with Crippen molar-refractivity contribution in [2.75, 3.05) is 0 Å². The lowest BCUT2D eigenvalue weighted by Crippen LogP contribution is -2.42. The van der Waals surface area contributed by atoms with E-state index in [1.165, 1.54) is 17.8 Å². The first-order valence-corrected chi connectivity index (χ1v) is 8.76. The van der Waals surface area contributed by atoms with E-state index in [4.69, 9.17) is 4.74 Å². The van der Waals surface area contributed by atoms with Crippen LogP contribution in [-0.2, 0) is 0 Å². The fourth-order valence-corrected chi connectivity index (χ4v) is 4.11. The molecule has 2 saturated heterocycles. The number of carbonyl (C=O) groups is 1. The summed E-state index contributed by atoms with van der Waals surface area (Å²) in [5.41, 5.74) is 1.09. The Kier molecular flexibility index (Phi) is 3.79. The third-order valence-corrected chi connectivity index (χ3v) is 5.47. The number of nitrogens with zero attached hydrogens (tertiary/aromatic N) is 1. The van der Waals surface area contributed by atoms with Gasteiger partial charge in [-0.3, -0.25) is 4.79 Å². The van der Waals surface area contributed by atoms with Crippen LogP contribution in [0.4, 0.5) is 0 Å². The van der Waals surface area contributed by atoms with Crippen LogP contribution in [0.5, 0.6) is 10.9 Å². The van der Waals surface area contributed by atoms with E-state index in [-0.39, 0.29) is 11.9 Å². The highest BCUT2D eigenvalue weighted by molar-refractivity contribution is 7.15. The number of thiophene rings is 1. The van der Waals surface area contributed by atoms with Crippen LogP contribution >= 0.6 is 11.3 Å². The van der Waals surface area contributed by atoms with Crippen molar-refractivity contribution in [3.63, 3.8) is 0 Å². The Labute approximate surface area is 139 Å². The molecule has 2 aliphatic heterocycles. The third kappa shape index (κ3) is 3.09. The Morgan fingerprint density at radius 1 is 1.35 bits per heavy atom. The zero-order chi connectivity index (χ0) is 15.8. The number of pyridine rings is 1. The summed E-state index contributed by atoms with van der Waals surface area (Å²) in [6.45, 7) is 1.98. The number of ether oxygens (including phenoxy) is 1. The molecule has 0 saturated carbocycles. The minimum absolute atomic E-state index is 0.0129. The zero-order valence-corrected chi connectivity index (χ0v) is 13.7. The topological polar surface area (TPSA) is 63.2 Å². The number of aromatic nitrogens is 1. The average Bonchev–Trinajstić information content (AvgIpc) is 3.26. The summed E-state index contributed by atoms with van der Waals surface area (Å²) in [4.78, 5) is 17.3. The van der Waals surface area contributed by atoms with Gasteiger partial charge in [0.05, 0.1) is 4.88 Å². The number of carbonyl (C=O) groups excluding carboxylic acids is 1. The van der Waals surface area contributed by atoms with Gasteiger partial charge in [0.1, 0.15) is 0 Å². The number of nitrogens with one attached hydrogen (secondary N) is 2. The van der Waals surface area contributed by atoms with Crippen molar-refractivity contribution >= 4 is 17.2 Å². The van der Waals surface area contributed by atoms with Crippen molar-refractivity contribution in [3.8, 4) is 10.9 Å². The maximum atomic E-state index is 12.4. The predicted octanol–water partition coefficient (Wildman–Crippen LogP) is 2.87. The molecule has 23 heavy (non-hydrogen) atoms. The number of hydrogen-bond acceptors (Lipinski definition) is 5. The van der Waals surface area contributed by atoms with E-state index in [1.807, 2.05) is 31.2 Å². The fraction of sp³-hybridized carbons (Fsp3) is 0.412. The standard InChI is InChI=1S/C17H19N3O2S/c1-10-2-6-15(18-9-10)22-16-7-5-14(23-16)17(21)20-13-8-11-3-4-12(13)19-11/h2,5-7,9,11-13,19H,3-4,8H2,1H3,(H,20,21)/t11-,12+,13-/m1/s1. The SMILES string of the molecule is Cc1ccc(Oc2ccc(C(=O)N[C@@H]3C[C@H]4CC[C@@H]3N4)s2)nc1. The lowest BCUT2D eigenvalue weighted by atomic mass is 9.95. The van der Waals surface area contributed by atoms with Gasteiger partial charge >= 0.3 is 0 Å². The average molecular weight is 329 g/mol. The lowest BCUT2D eigenvalue weighted by molar-refractivity contribution is 0.0935. The van der Waals surface area contributed by atoms with Crippen molar-refractivity contribution in [1.29, 1.82) is 0 Å². The molecular formula is C17H19N3O2S. The molecule has 3 atom stereocenters. The van der Waals surface area contributed by atoms with Gasteiger partial charge in [-0.05, 0) is 43.9 Å². The van der Waals surface area contributed by atoms with E-state index in [1.54, 1.807) is 6.20 Å². The fourth-order valence-electron chi connectivity index (χ4n) is 3.34. The maximum absolute atomic E-state index is 12.4. The van der Waals surface area contributed by atoms with Gasteiger partial charge in [-0.2, -0.15) is 0 Å². The van der Waals surface area contributed by atoms with Crippen LogP contribution in [0.2, 0.25) is 0 Å². The van der Waals surface area contributed by atoms with Crippen molar-refractivity contribution in [2.24, 2.45) is 0 Å².